The number of likely N-dealkylation sites (tertiary alicyclic amines) is 1. The van der Waals surface area contributed by atoms with Crippen molar-refractivity contribution in [3.05, 3.63) is 35.4 Å². The predicted molar refractivity (Wildman–Crippen MR) is 79.0 cm³/mol. The predicted octanol–water partition coefficient (Wildman–Crippen LogP) is 2.56. The summed E-state index contributed by atoms with van der Waals surface area (Å²) >= 11 is 0. The van der Waals surface area contributed by atoms with Gasteiger partial charge in [-0.25, -0.2) is 4.79 Å². The van der Waals surface area contributed by atoms with Gasteiger partial charge in [-0.2, -0.15) is 0 Å². The minimum Gasteiger partial charge on any atom is -0.480 e. The fraction of sp³-hybridized carbons (Fsp3) is 0.529. The molecule has 0 aromatic heterocycles. The van der Waals surface area contributed by atoms with E-state index in [4.69, 9.17) is 0 Å². The topological polar surface area (TPSA) is 57.6 Å². The highest BCUT2D eigenvalue weighted by Crippen LogP contribution is 2.49. The second-order valence-electron chi connectivity index (χ2n) is 6.24. The Balaban J connectivity index is 1.70. The average Bonchev–Trinajstić information content (AvgIpc) is 3.27. The number of rotatable bonds is 3. The molecule has 21 heavy (non-hydrogen) atoms. The Labute approximate surface area is 124 Å². The molecule has 4 heteroatoms. The summed E-state index contributed by atoms with van der Waals surface area (Å²) in [4.78, 5) is 25.5. The molecule has 1 aliphatic carbocycles. The molecule has 1 N–H and O–H groups in total. The zero-order chi connectivity index (χ0) is 15.0. The maximum Gasteiger partial charge on any atom is 0.326 e. The molecule has 1 aliphatic heterocycles. The summed E-state index contributed by atoms with van der Waals surface area (Å²) in [5.74, 6) is -0.579. The van der Waals surface area contributed by atoms with Gasteiger partial charge in [-0.05, 0) is 44.1 Å². The first-order valence-corrected chi connectivity index (χ1v) is 7.68. The van der Waals surface area contributed by atoms with Crippen LogP contribution in [0.2, 0.25) is 0 Å². The van der Waals surface area contributed by atoms with Crippen LogP contribution in [0.4, 0.5) is 0 Å². The van der Waals surface area contributed by atoms with Crippen LogP contribution < -0.4 is 0 Å². The van der Waals surface area contributed by atoms with Gasteiger partial charge < -0.3 is 10.0 Å². The Hall–Kier alpha value is -1.84. The van der Waals surface area contributed by atoms with Crippen LogP contribution >= 0.6 is 0 Å². The summed E-state index contributed by atoms with van der Waals surface area (Å²) in [6.45, 7) is 2.64. The summed E-state index contributed by atoms with van der Waals surface area (Å²) < 4.78 is 0. The molecule has 0 bridgehead atoms. The van der Waals surface area contributed by atoms with Crippen molar-refractivity contribution in [1.29, 1.82) is 0 Å². The van der Waals surface area contributed by atoms with Gasteiger partial charge in [0.2, 0.25) is 5.91 Å². The minimum absolute atomic E-state index is 0.0215. The molecule has 0 spiro atoms. The standard InChI is InChI=1S/C17H21NO3/c1-11-5-4-6-12(9-11)13-10-14(13)16(19)18-8-3-2-7-15(18)17(20)21/h4-6,9,13-15H,2-3,7-8,10H2,1H3,(H,20,21)/t13-,14+,15+/m0/s1. The fourth-order valence-electron chi connectivity index (χ4n) is 3.40. The molecular weight excluding hydrogens is 266 g/mol. The van der Waals surface area contributed by atoms with E-state index in [1.54, 1.807) is 4.90 Å². The van der Waals surface area contributed by atoms with Gasteiger partial charge in [0.15, 0.2) is 0 Å². The van der Waals surface area contributed by atoms with Crippen molar-refractivity contribution in [3.8, 4) is 0 Å². The first-order valence-electron chi connectivity index (χ1n) is 7.68. The van der Waals surface area contributed by atoms with Crippen LogP contribution in [0.1, 0.15) is 42.7 Å². The third-order valence-corrected chi connectivity index (χ3v) is 4.65. The van der Waals surface area contributed by atoms with Crippen molar-refractivity contribution in [2.24, 2.45) is 5.92 Å². The quantitative estimate of drug-likeness (QED) is 0.929. The van der Waals surface area contributed by atoms with Gasteiger partial charge in [0, 0.05) is 12.5 Å². The van der Waals surface area contributed by atoms with Gasteiger partial charge in [0.05, 0.1) is 0 Å². The molecule has 4 nitrogen and oxygen atoms in total. The Morgan fingerprint density at radius 2 is 2.10 bits per heavy atom. The first kappa shape index (κ1) is 14.1. The van der Waals surface area contributed by atoms with Crippen LogP contribution in [0.3, 0.4) is 0 Å². The molecule has 3 rings (SSSR count). The Bertz CT molecular complexity index is 569. The number of aliphatic carboxylic acids is 1. The lowest BCUT2D eigenvalue weighted by molar-refractivity contribution is -0.152. The zero-order valence-electron chi connectivity index (χ0n) is 12.3. The zero-order valence-corrected chi connectivity index (χ0v) is 12.3. The van der Waals surface area contributed by atoms with E-state index in [2.05, 4.69) is 12.1 Å². The third-order valence-electron chi connectivity index (χ3n) is 4.65. The lowest BCUT2D eigenvalue weighted by Crippen LogP contribution is -2.48. The maximum atomic E-state index is 12.6. The molecule has 1 saturated heterocycles. The number of benzene rings is 1. The van der Waals surface area contributed by atoms with Gasteiger partial charge in [-0.15, -0.1) is 0 Å². The van der Waals surface area contributed by atoms with E-state index in [0.717, 1.165) is 19.3 Å². The average molecular weight is 287 g/mol. The van der Waals surface area contributed by atoms with E-state index in [1.807, 2.05) is 19.1 Å². The summed E-state index contributed by atoms with van der Waals surface area (Å²) in [7, 11) is 0. The second-order valence-corrected chi connectivity index (χ2v) is 6.24. The molecule has 1 saturated carbocycles. The molecule has 1 amide bonds. The highest BCUT2D eigenvalue weighted by atomic mass is 16.4. The summed E-state index contributed by atoms with van der Waals surface area (Å²) in [6.07, 6.45) is 3.25. The van der Waals surface area contributed by atoms with Gasteiger partial charge in [0.1, 0.15) is 6.04 Å². The molecule has 1 aromatic rings. The van der Waals surface area contributed by atoms with Crippen molar-refractivity contribution in [2.75, 3.05) is 6.54 Å². The molecule has 112 valence electrons. The number of nitrogens with zero attached hydrogens (tertiary/aromatic N) is 1. The Morgan fingerprint density at radius 3 is 2.81 bits per heavy atom. The van der Waals surface area contributed by atoms with Gasteiger partial charge in [0.25, 0.3) is 0 Å². The third kappa shape index (κ3) is 2.80. The number of carboxylic acid groups (broad SMARTS) is 1. The number of hydrogen-bond donors (Lipinski definition) is 1. The van der Waals surface area contributed by atoms with Crippen molar-refractivity contribution < 1.29 is 14.7 Å². The molecule has 2 aliphatic rings. The lowest BCUT2D eigenvalue weighted by Gasteiger charge is -2.33. The number of amides is 1. The van der Waals surface area contributed by atoms with Gasteiger partial charge in [-0.1, -0.05) is 29.8 Å². The monoisotopic (exact) mass is 287 g/mol. The second kappa shape index (κ2) is 5.51. The number of piperidine rings is 1. The van der Waals surface area contributed by atoms with E-state index >= 15 is 0 Å². The van der Waals surface area contributed by atoms with Crippen LogP contribution in [0.15, 0.2) is 24.3 Å². The summed E-state index contributed by atoms with van der Waals surface area (Å²) in [6, 6.07) is 7.64. The Kier molecular flexibility index (Phi) is 3.70. The molecule has 2 fully saturated rings. The van der Waals surface area contributed by atoms with Crippen LogP contribution in [0.5, 0.6) is 0 Å². The lowest BCUT2D eigenvalue weighted by atomic mass is 10.0. The van der Waals surface area contributed by atoms with E-state index in [1.165, 1.54) is 11.1 Å². The maximum absolute atomic E-state index is 12.6. The Morgan fingerprint density at radius 1 is 1.29 bits per heavy atom. The van der Waals surface area contributed by atoms with E-state index in [-0.39, 0.29) is 17.7 Å². The van der Waals surface area contributed by atoms with Crippen LogP contribution in [0, 0.1) is 12.8 Å². The molecular formula is C17H21NO3. The number of aryl methyl sites for hydroxylation is 1. The van der Waals surface area contributed by atoms with E-state index in [0.29, 0.717) is 13.0 Å². The smallest absolute Gasteiger partial charge is 0.326 e. The van der Waals surface area contributed by atoms with Gasteiger partial charge in [-0.3, -0.25) is 4.79 Å². The summed E-state index contributed by atoms with van der Waals surface area (Å²) in [5, 5.41) is 9.29. The van der Waals surface area contributed by atoms with Gasteiger partial charge >= 0.3 is 5.97 Å². The SMILES string of the molecule is Cc1cccc([C@@H]2C[C@H]2C(=O)N2CCCC[C@@H]2C(=O)O)c1. The number of carbonyl (C=O) groups excluding carboxylic acids is 1. The minimum atomic E-state index is -0.865. The number of hydrogen-bond acceptors (Lipinski definition) is 2. The number of carbonyl (C=O) groups is 2. The molecule has 1 heterocycles. The van der Waals surface area contributed by atoms with Crippen LogP contribution in [-0.4, -0.2) is 34.5 Å². The van der Waals surface area contributed by atoms with Crippen molar-refractivity contribution in [3.63, 3.8) is 0 Å². The van der Waals surface area contributed by atoms with Crippen molar-refractivity contribution in [1.82, 2.24) is 4.90 Å². The van der Waals surface area contributed by atoms with E-state index in [9.17, 15) is 14.7 Å². The van der Waals surface area contributed by atoms with E-state index < -0.39 is 12.0 Å². The number of carboxylic acids is 1. The van der Waals surface area contributed by atoms with Crippen molar-refractivity contribution in [2.45, 2.75) is 44.6 Å². The highest BCUT2D eigenvalue weighted by molar-refractivity contribution is 5.87. The normalized spacial score (nSPS) is 28.2. The molecule has 3 atom stereocenters. The first-order chi connectivity index (χ1) is 10.1. The molecule has 0 radical (unpaired) electrons. The molecule has 0 unspecified atom stereocenters. The highest BCUT2D eigenvalue weighted by Gasteiger charge is 2.48. The van der Waals surface area contributed by atoms with Crippen LogP contribution in [-0.2, 0) is 9.59 Å². The van der Waals surface area contributed by atoms with Crippen LogP contribution in [0.25, 0.3) is 0 Å². The summed E-state index contributed by atoms with van der Waals surface area (Å²) in [5.41, 5.74) is 2.41. The fourth-order valence-corrected chi connectivity index (χ4v) is 3.40. The van der Waals surface area contributed by atoms with Crippen molar-refractivity contribution >= 4 is 11.9 Å². The largest absolute Gasteiger partial charge is 0.480 e. The molecule has 1 aromatic carbocycles.